The SMILES string of the molecule is CC[C@H](C)[C@@H]1NC(=O)[C@@H]2CCCN2C(=O)[C@H](Cc2cccc(-c3ccc(Cl)nc3)c2)N(C)C(=O)[C@H](Cc2ccccc2)NC(=O)[C@H](C(C)C)N(C)C(=O)[C@@H]([C@@H](C)CC)OC(=O)[C@H](C(C)(C)O)N(C)C(=O)[C@H](CC(C)C)NC(=O)[C@H](C(C)C)N(C)C1=O. The largest absolute Gasteiger partial charge is 0.450 e. The number of nitrogens with zero attached hydrogens (tertiary/aromatic N) is 6. The molecule has 472 valence electrons. The number of esters is 1. The lowest BCUT2D eigenvalue weighted by Gasteiger charge is -2.39. The molecule has 0 saturated carbocycles. The number of hydrogen-bond acceptors (Lipinski definition) is 12. The predicted molar refractivity (Wildman–Crippen MR) is 330 cm³/mol. The van der Waals surface area contributed by atoms with Gasteiger partial charge in [-0.3, -0.25) is 38.4 Å². The van der Waals surface area contributed by atoms with Gasteiger partial charge in [-0.15, -0.1) is 0 Å². The molecular weight excluding hydrogens is 1120 g/mol. The maximum absolute atomic E-state index is 15.6. The lowest BCUT2D eigenvalue weighted by atomic mass is 9.93. The maximum atomic E-state index is 15.6. The van der Waals surface area contributed by atoms with Crippen LogP contribution < -0.4 is 16.0 Å². The van der Waals surface area contributed by atoms with Crippen molar-refractivity contribution in [3.8, 4) is 11.1 Å². The molecule has 20 nitrogen and oxygen atoms in total. The molecule has 86 heavy (non-hydrogen) atoms. The van der Waals surface area contributed by atoms with E-state index >= 15 is 24.0 Å². The van der Waals surface area contributed by atoms with Crippen LogP contribution in [-0.4, -0.2) is 183 Å². The summed E-state index contributed by atoms with van der Waals surface area (Å²) in [5, 5.41) is 20.9. The van der Waals surface area contributed by atoms with Gasteiger partial charge in [-0.2, -0.15) is 0 Å². The molecule has 0 bridgehead atoms. The molecule has 2 aromatic carbocycles. The van der Waals surface area contributed by atoms with Crippen LogP contribution in [0.1, 0.15) is 126 Å². The molecular formula is C65H94ClN9O11. The van der Waals surface area contributed by atoms with Crippen molar-refractivity contribution in [2.75, 3.05) is 34.7 Å². The Morgan fingerprint density at radius 2 is 1.20 bits per heavy atom. The van der Waals surface area contributed by atoms with Crippen LogP contribution in [0, 0.1) is 29.6 Å². The van der Waals surface area contributed by atoms with Gasteiger partial charge >= 0.3 is 5.97 Å². The number of pyridine rings is 1. The van der Waals surface area contributed by atoms with Crippen molar-refractivity contribution in [1.29, 1.82) is 0 Å². The van der Waals surface area contributed by atoms with Crippen molar-refractivity contribution in [2.45, 2.75) is 188 Å². The molecule has 4 N–H and O–H groups in total. The second-order valence-electron chi connectivity index (χ2n) is 25.3. The summed E-state index contributed by atoms with van der Waals surface area (Å²) in [4.78, 5) is 146. The highest BCUT2D eigenvalue weighted by molar-refractivity contribution is 6.29. The molecule has 8 amide bonds. The number of amides is 8. The van der Waals surface area contributed by atoms with Gasteiger partial charge in [0, 0.05) is 65.3 Å². The van der Waals surface area contributed by atoms with Crippen LogP contribution in [0.3, 0.4) is 0 Å². The first-order valence-corrected chi connectivity index (χ1v) is 30.7. The second kappa shape index (κ2) is 30.6. The normalized spacial score (nSPS) is 25.3. The monoisotopic (exact) mass is 1210 g/mol. The van der Waals surface area contributed by atoms with Gasteiger partial charge in [0.25, 0.3) is 5.91 Å². The van der Waals surface area contributed by atoms with Crippen LogP contribution in [0.25, 0.3) is 11.1 Å². The number of hydrogen-bond donors (Lipinski definition) is 4. The summed E-state index contributed by atoms with van der Waals surface area (Å²) in [6, 6.07) is 9.51. The second-order valence-corrected chi connectivity index (χ2v) is 25.7. The van der Waals surface area contributed by atoms with Crippen LogP contribution in [0.4, 0.5) is 0 Å². The third kappa shape index (κ3) is 17.2. The third-order valence-corrected chi connectivity index (χ3v) is 17.2. The minimum Gasteiger partial charge on any atom is -0.450 e. The van der Waals surface area contributed by atoms with E-state index in [4.69, 9.17) is 16.3 Å². The minimum atomic E-state index is -1.99. The Bertz CT molecular complexity index is 2860. The van der Waals surface area contributed by atoms with Crippen LogP contribution >= 0.6 is 11.6 Å². The summed E-state index contributed by atoms with van der Waals surface area (Å²) >= 11 is 6.15. The number of likely N-dealkylation sites (N-methyl/N-ethyl adjacent to an activating group) is 4. The summed E-state index contributed by atoms with van der Waals surface area (Å²) in [5.41, 5.74) is 0.837. The zero-order valence-corrected chi connectivity index (χ0v) is 54.0. The van der Waals surface area contributed by atoms with E-state index in [0.29, 0.717) is 35.5 Å². The summed E-state index contributed by atoms with van der Waals surface area (Å²) in [6.07, 6.45) is 1.47. The Morgan fingerprint density at radius 3 is 1.74 bits per heavy atom. The molecule has 2 saturated heterocycles. The minimum absolute atomic E-state index is 0.0408. The molecule has 5 rings (SSSR count). The summed E-state index contributed by atoms with van der Waals surface area (Å²) < 4.78 is 6.12. The number of carbonyl (C=O) groups excluding carboxylic acids is 9. The first kappa shape index (κ1) is 69.8. The predicted octanol–water partition coefficient (Wildman–Crippen LogP) is 6.09. The molecule has 2 fully saturated rings. The molecule has 3 heterocycles. The fourth-order valence-electron chi connectivity index (χ4n) is 11.8. The van der Waals surface area contributed by atoms with Gasteiger partial charge in [-0.25, -0.2) is 9.78 Å². The van der Waals surface area contributed by atoms with E-state index in [1.165, 1.54) is 61.6 Å². The van der Waals surface area contributed by atoms with Crippen molar-refractivity contribution in [3.05, 3.63) is 89.2 Å². The number of cyclic esters (lactones) is 1. The van der Waals surface area contributed by atoms with Crippen molar-refractivity contribution < 1.29 is 53.0 Å². The fourth-order valence-corrected chi connectivity index (χ4v) is 11.9. The highest BCUT2D eigenvalue weighted by Gasteiger charge is 2.48. The molecule has 21 heteroatoms. The van der Waals surface area contributed by atoms with E-state index < -0.39 is 137 Å². The molecule has 0 spiro atoms. The fraction of sp³-hybridized carbons (Fsp3) is 0.600. The number of nitrogens with one attached hydrogen (secondary N) is 3. The van der Waals surface area contributed by atoms with Crippen LogP contribution in [0.2, 0.25) is 5.15 Å². The number of benzene rings is 2. The van der Waals surface area contributed by atoms with E-state index in [1.807, 2.05) is 57.2 Å². The lowest BCUT2D eigenvalue weighted by Crippen LogP contribution is -2.63. The van der Waals surface area contributed by atoms with E-state index in [0.717, 1.165) is 16.0 Å². The Balaban J connectivity index is 1.73. The Morgan fingerprint density at radius 1 is 0.628 bits per heavy atom. The Hall–Kier alpha value is -6.93. The summed E-state index contributed by atoms with van der Waals surface area (Å²) in [6.45, 7) is 20.5. The number of rotatable bonds is 14. The quantitative estimate of drug-likeness (QED) is 0.106. The van der Waals surface area contributed by atoms with Gasteiger partial charge in [0.2, 0.25) is 41.4 Å². The number of fused-ring (bicyclic) bond motifs is 1. The molecule has 3 aromatic rings. The molecule has 2 aliphatic heterocycles. The van der Waals surface area contributed by atoms with E-state index in [-0.39, 0.29) is 38.1 Å². The zero-order chi connectivity index (χ0) is 64.2. The van der Waals surface area contributed by atoms with Crippen molar-refractivity contribution in [3.63, 3.8) is 0 Å². The van der Waals surface area contributed by atoms with Crippen molar-refractivity contribution in [2.24, 2.45) is 29.6 Å². The zero-order valence-electron chi connectivity index (χ0n) is 53.3. The number of carbonyl (C=O) groups is 9. The average molecular weight is 1210 g/mol. The van der Waals surface area contributed by atoms with Gasteiger partial charge in [0.15, 0.2) is 12.1 Å². The van der Waals surface area contributed by atoms with E-state index in [1.54, 1.807) is 85.0 Å². The summed E-state index contributed by atoms with van der Waals surface area (Å²) in [7, 11) is 5.65. The van der Waals surface area contributed by atoms with E-state index in [9.17, 15) is 24.3 Å². The first-order chi connectivity index (χ1) is 40.3. The lowest BCUT2D eigenvalue weighted by molar-refractivity contribution is -0.177. The third-order valence-electron chi connectivity index (χ3n) is 17.0. The molecule has 2 aliphatic rings. The molecule has 0 aliphatic carbocycles. The number of halogens is 1. The van der Waals surface area contributed by atoms with Crippen LogP contribution in [0.5, 0.6) is 0 Å². The van der Waals surface area contributed by atoms with Crippen LogP contribution in [0.15, 0.2) is 72.9 Å². The number of ether oxygens (including phenoxy) is 1. The molecule has 1 aromatic heterocycles. The van der Waals surface area contributed by atoms with Gasteiger partial charge < -0.3 is 50.3 Å². The van der Waals surface area contributed by atoms with Crippen LogP contribution in [-0.2, 0) is 60.7 Å². The van der Waals surface area contributed by atoms with Gasteiger partial charge in [0.1, 0.15) is 47.4 Å². The maximum Gasteiger partial charge on any atom is 0.332 e. The average Bonchev–Trinajstić information content (AvgIpc) is 2.56. The van der Waals surface area contributed by atoms with Gasteiger partial charge in [-0.05, 0) is 92.0 Å². The smallest absolute Gasteiger partial charge is 0.332 e. The standard InChI is InChI=1S/C65H94ClN9O11/c1-17-40(9)51-62(82)72(14)52(38(5)6)57(77)68-46(32-37(3)4)60(80)74(16)55(65(11,12)85)64(84)86-54(41(10)18-2)63(83)73(15)53(39(7)8)58(78)69-47(34-42-24-20-19-21-25-42)59(79)71(13)49(61(81)75-31-23-28-48(75)56(76)70-51)35-43-26-22-27-44(33-43)45-29-30-50(66)67-36-45/h19-22,24-27,29-30,33,36-41,46-49,51-55,85H,17-18,23,28,31-32,34-35H2,1-16H3,(H,68,77)(H,69,78)(H,70,76)/t40-,41-,46-,47-,48-,49-,51-,52-,53-,54+,55+/m0/s1. The highest BCUT2D eigenvalue weighted by atomic mass is 35.5. The van der Waals surface area contributed by atoms with Gasteiger partial charge in [-0.1, -0.05) is 142 Å². The highest BCUT2D eigenvalue weighted by Crippen LogP contribution is 2.29. The summed E-state index contributed by atoms with van der Waals surface area (Å²) in [5.74, 6) is -8.95. The molecule has 0 unspecified atom stereocenters. The molecule has 0 radical (unpaired) electrons. The number of aliphatic hydroxyl groups is 1. The Kier molecular flexibility index (Phi) is 24.9. The van der Waals surface area contributed by atoms with E-state index in [2.05, 4.69) is 20.9 Å². The number of aromatic nitrogens is 1. The Labute approximate surface area is 513 Å². The van der Waals surface area contributed by atoms with Crippen molar-refractivity contribution >= 4 is 64.8 Å². The van der Waals surface area contributed by atoms with Gasteiger partial charge in [0.05, 0.1) is 5.60 Å². The molecule has 11 atom stereocenters. The first-order valence-electron chi connectivity index (χ1n) is 30.3. The topological polar surface area (TPSA) is 248 Å². The van der Waals surface area contributed by atoms with Crippen molar-refractivity contribution in [1.82, 2.24) is 45.4 Å².